The van der Waals surface area contributed by atoms with Gasteiger partial charge in [0.15, 0.2) is 23.5 Å². The maximum absolute atomic E-state index is 10.8. The summed E-state index contributed by atoms with van der Waals surface area (Å²) in [6.07, 6.45) is 0.678. The van der Waals surface area contributed by atoms with Gasteiger partial charge in [0, 0.05) is 6.42 Å². The van der Waals surface area contributed by atoms with Gasteiger partial charge >= 0.3 is 7.82 Å². The third kappa shape index (κ3) is 4.06. The van der Waals surface area contributed by atoms with E-state index in [1.54, 1.807) is 11.1 Å². The van der Waals surface area contributed by atoms with Crippen molar-refractivity contribution in [2.45, 2.75) is 24.9 Å². The van der Waals surface area contributed by atoms with Crippen LogP contribution in [0.2, 0.25) is 0 Å². The van der Waals surface area contributed by atoms with E-state index in [-0.39, 0.29) is 18.8 Å². The number of aromatic nitrogens is 4. The van der Waals surface area contributed by atoms with Crippen molar-refractivity contribution >= 4 is 46.8 Å². The molecule has 136 valence electrons. The predicted octanol–water partition coefficient (Wildman–Crippen LogP) is 0.532. The van der Waals surface area contributed by atoms with Crippen molar-refractivity contribution in [3.8, 4) is 0 Å². The molecule has 0 spiro atoms. The van der Waals surface area contributed by atoms with Crippen LogP contribution in [0.5, 0.6) is 0 Å². The molecule has 2 aromatic rings. The summed E-state index contributed by atoms with van der Waals surface area (Å²) in [4.78, 5) is 31.6. The summed E-state index contributed by atoms with van der Waals surface area (Å²) in [5.74, 6) is 0.524. The lowest BCUT2D eigenvalue weighted by atomic mass is 10.2. The number of hydrogen-bond donors (Lipinski definition) is 4. The van der Waals surface area contributed by atoms with Crippen molar-refractivity contribution in [3.63, 3.8) is 0 Å². The fourth-order valence-corrected chi connectivity index (χ4v) is 3.14. The van der Waals surface area contributed by atoms with E-state index in [2.05, 4.69) is 35.4 Å². The number of nitrogens with two attached hydrogens (primary N) is 1. The molecule has 0 aromatic carbocycles. The molecule has 1 fully saturated rings. The lowest BCUT2D eigenvalue weighted by molar-refractivity contribution is -0.0481. The van der Waals surface area contributed by atoms with Gasteiger partial charge in [-0.3, -0.25) is 9.09 Å². The molecule has 3 heterocycles. The van der Waals surface area contributed by atoms with Gasteiger partial charge in [-0.2, -0.15) is 0 Å². The van der Waals surface area contributed by atoms with Crippen molar-refractivity contribution in [2.24, 2.45) is 0 Å². The number of aliphatic hydroxyl groups excluding tert-OH is 1. The molecule has 1 aliphatic heterocycles. The predicted molar refractivity (Wildman–Crippen MR) is 90.2 cm³/mol. The number of phosphoric ester groups is 1. The summed E-state index contributed by atoms with van der Waals surface area (Å²) in [6, 6.07) is 0. The zero-order valence-electron chi connectivity index (χ0n) is 12.6. The van der Waals surface area contributed by atoms with Gasteiger partial charge < -0.3 is 25.4 Å². The van der Waals surface area contributed by atoms with Crippen molar-refractivity contribution in [3.05, 3.63) is 17.1 Å². The molecule has 3 atom stereocenters. The van der Waals surface area contributed by atoms with Gasteiger partial charge in [-0.15, -0.1) is 0 Å². The SMILES string of the molecule is Nc1nc(/C=C/Br)nc2c1ncn2[C@@H]1O[C@H](COP(=O)(O)O)CC1O. The van der Waals surface area contributed by atoms with Crippen LogP contribution in [-0.4, -0.2) is 53.2 Å². The Kier molecular flexibility index (Phi) is 5.21. The van der Waals surface area contributed by atoms with Crippen LogP contribution in [0.3, 0.4) is 0 Å². The lowest BCUT2D eigenvalue weighted by Crippen LogP contribution is -2.19. The first-order valence-electron chi connectivity index (χ1n) is 7.09. The molecular formula is C12H15BrN5O6P. The zero-order valence-corrected chi connectivity index (χ0v) is 15.1. The van der Waals surface area contributed by atoms with Crippen molar-refractivity contribution in [1.82, 2.24) is 19.5 Å². The highest BCUT2D eigenvalue weighted by atomic mass is 79.9. The molecule has 3 rings (SSSR count). The van der Waals surface area contributed by atoms with Crippen molar-refractivity contribution < 1.29 is 28.7 Å². The van der Waals surface area contributed by atoms with E-state index in [1.165, 1.54) is 10.9 Å². The van der Waals surface area contributed by atoms with E-state index in [0.717, 1.165) is 0 Å². The molecule has 5 N–H and O–H groups in total. The summed E-state index contributed by atoms with van der Waals surface area (Å²) in [5.41, 5.74) is 6.60. The monoisotopic (exact) mass is 435 g/mol. The Morgan fingerprint density at radius 2 is 2.28 bits per heavy atom. The molecule has 0 radical (unpaired) electrons. The average Bonchev–Trinajstić information content (AvgIpc) is 3.08. The smallest absolute Gasteiger partial charge is 0.388 e. The molecule has 2 aromatic heterocycles. The summed E-state index contributed by atoms with van der Waals surface area (Å²) in [7, 11) is -4.61. The number of imidazole rings is 1. The Balaban J connectivity index is 1.87. The fraction of sp³-hybridized carbons (Fsp3) is 0.417. The Morgan fingerprint density at radius 1 is 1.52 bits per heavy atom. The average molecular weight is 436 g/mol. The molecule has 1 aliphatic rings. The van der Waals surface area contributed by atoms with Crippen LogP contribution in [-0.2, 0) is 13.8 Å². The van der Waals surface area contributed by atoms with Crippen LogP contribution < -0.4 is 5.73 Å². The number of nitrogen functional groups attached to an aromatic ring is 1. The molecule has 0 amide bonds. The number of phosphoric acid groups is 1. The summed E-state index contributed by atoms with van der Waals surface area (Å²) < 4.78 is 22.4. The number of rotatable bonds is 5. The van der Waals surface area contributed by atoms with Crippen molar-refractivity contribution in [2.75, 3.05) is 12.3 Å². The summed E-state index contributed by atoms with van der Waals surface area (Å²) in [5, 5.41) is 10.2. The highest BCUT2D eigenvalue weighted by Crippen LogP contribution is 2.38. The number of hydrogen-bond acceptors (Lipinski definition) is 8. The first kappa shape index (κ1) is 18.4. The van der Waals surface area contributed by atoms with E-state index >= 15 is 0 Å². The van der Waals surface area contributed by atoms with E-state index in [4.69, 9.17) is 20.3 Å². The molecule has 11 nitrogen and oxygen atoms in total. The number of fused-ring (bicyclic) bond motifs is 1. The molecule has 0 aliphatic carbocycles. The normalized spacial score (nSPS) is 24.6. The van der Waals surface area contributed by atoms with Gasteiger partial charge in [0.2, 0.25) is 0 Å². The minimum atomic E-state index is -4.61. The van der Waals surface area contributed by atoms with Crippen LogP contribution in [0.1, 0.15) is 18.5 Å². The standard InChI is InChI=1S/C12H15BrN5O6P/c13-2-1-8-16-10(14)9-11(17-8)18(5-15-9)12-7(19)3-6(24-12)4-23-25(20,21)22/h1-2,5-7,12,19H,3-4H2,(H2,14,16,17)(H2,20,21,22)/b2-1+/t6-,7?,12+/m0/s1. The highest BCUT2D eigenvalue weighted by molar-refractivity contribution is 9.11. The van der Waals surface area contributed by atoms with Gasteiger partial charge in [-0.25, -0.2) is 19.5 Å². The Morgan fingerprint density at radius 3 is 2.96 bits per heavy atom. The summed E-state index contributed by atoms with van der Waals surface area (Å²) in [6.45, 7) is -0.348. The van der Waals surface area contributed by atoms with Crippen molar-refractivity contribution in [1.29, 1.82) is 0 Å². The second-order valence-electron chi connectivity index (χ2n) is 5.32. The first-order chi connectivity index (χ1) is 11.8. The minimum Gasteiger partial charge on any atom is -0.388 e. The first-order valence-corrected chi connectivity index (χ1v) is 9.53. The molecule has 1 saturated heterocycles. The third-order valence-electron chi connectivity index (χ3n) is 3.55. The van der Waals surface area contributed by atoms with Gasteiger partial charge in [0.1, 0.15) is 11.6 Å². The van der Waals surface area contributed by atoms with Gasteiger partial charge in [0.05, 0.1) is 19.0 Å². The maximum Gasteiger partial charge on any atom is 0.469 e. The molecule has 13 heteroatoms. The molecular weight excluding hydrogens is 421 g/mol. The largest absolute Gasteiger partial charge is 0.469 e. The highest BCUT2D eigenvalue weighted by Gasteiger charge is 2.37. The van der Waals surface area contributed by atoms with E-state index in [1.807, 2.05) is 0 Å². The zero-order chi connectivity index (χ0) is 18.2. The quantitative estimate of drug-likeness (QED) is 0.486. The van der Waals surface area contributed by atoms with Gasteiger partial charge in [-0.05, 0) is 11.1 Å². The maximum atomic E-state index is 10.8. The van der Waals surface area contributed by atoms with Crippen LogP contribution >= 0.6 is 23.8 Å². The number of ether oxygens (including phenoxy) is 1. The second-order valence-corrected chi connectivity index (χ2v) is 7.09. The van der Waals surface area contributed by atoms with E-state index in [0.29, 0.717) is 17.0 Å². The second kappa shape index (κ2) is 7.08. The third-order valence-corrected chi connectivity index (χ3v) is 4.30. The van der Waals surface area contributed by atoms with Crippen LogP contribution in [0.25, 0.3) is 17.2 Å². The van der Waals surface area contributed by atoms with Crippen LogP contribution in [0.4, 0.5) is 5.82 Å². The lowest BCUT2D eigenvalue weighted by Gasteiger charge is -2.17. The van der Waals surface area contributed by atoms with E-state index < -0.39 is 26.3 Å². The van der Waals surface area contributed by atoms with Gasteiger partial charge in [-0.1, -0.05) is 15.9 Å². The molecule has 0 saturated carbocycles. The number of nitrogens with zero attached hydrogens (tertiary/aromatic N) is 4. The van der Waals surface area contributed by atoms with Crippen LogP contribution in [0.15, 0.2) is 11.3 Å². The number of aliphatic hydroxyl groups is 1. The molecule has 1 unspecified atom stereocenters. The topological polar surface area (TPSA) is 166 Å². The van der Waals surface area contributed by atoms with E-state index in [9.17, 15) is 9.67 Å². The fourth-order valence-electron chi connectivity index (χ4n) is 2.54. The van der Waals surface area contributed by atoms with Gasteiger partial charge in [0.25, 0.3) is 0 Å². The van der Waals surface area contributed by atoms with Crippen LogP contribution in [0, 0.1) is 0 Å². The summed E-state index contributed by atoms with van der Waals surface area (Å²) >= 11 is 3.13. The minimum absolute atomic E-state index is 0.138. The Hall–Kier alpha value is -1.40. The Labute approximate surface area is 149 Å². The molecule has 0 bridgehead atoms. The number of halogens is 1. The Bertz CT molecular complexity index is 854. The molecule has 25 heavy (non-hydrogen) atoms. The number of anilines is 1.